The molecule has 1 amide bonds. The zero-order valence-corrected chi connectivity index (χ0v) is 17.0. The van der Waals surface area contributed by atoms with Crippen molar-refractivity contribution in [2.45, 2.75) is 31.4 Å². The van der Waals surface area contributed by atoms with E-state index in [0.717, 1.165) is 11.1 Å². The molecule has 3 rings (SSSR count). The predicted octanol–water partition coefficient (Wildman–Crippen LogP) is 4.17. The van der Waals surface area contributed by atoms with E-state index in [1.54, 1.807) is 31.6 Å². The summed E-state index contributed by atoms with van der Waals surface area (Å²) in [6.45, 7) is 6.35. The van der Waals surface area contributed by atoms with Gasteiger partial charge in [-0.15, -0.1) is 10.2 Å². The highest BCUT2D eigenvalue weighted by Crippen LogP contribution is 2.31. The predicted molar refractivity (Wildman–Crippen MR) is 109 cm³/mol. The van der Waals surface area contributed by atoms with Crippen molar-refractivity contribution >= 4 is 23.4 Å². The number of hydrogen-bond acceptors (Lipinski definition) is 7. The molecule has 0 spiro atoms. The highest BCUT2D eigenvalue weighted by Gasteiger charge is 2.17. The van der Waals surface area contributed by atoms with Crippen LogP contribution >= 0.6 is 11.8 Å². The molecule has 7 nitrogen and oxygen atoms in total. The number of nitrogens with zero attached hydrogens (tertiary/aromatic N) is 3. The first-order valence-corrected chi connectivity index (χ1v) is 9.70. The second kappa shape index (κ2) is 8.43. The van der Waals surface area contributed by atoms with E-state index < -0.39 is 0 Å². The summed E-state index contributed by atoms with van der Waals surface area (Å²) in [7, 11) is 1.58. The number of rotatable bonds is 6. The number of nitrogens with one attached hydrogen (secondary N) is 1. The van der Waals surface area contributed by atoms with E-state index >= 15 is 0 Å². The van der Waals surface area contributed by atoms with Crippen molar-refractivity contribution in [1.82, 2.24) is 15.2 Å². The van der Waals surface area contributed by atoms with Gasteiger partial charge in [-0.25, -0.2) is 0 Å². The van der Waals surface area contributed by atoms with Crippen LogP contribution in [0.2, 0.25) is 0 Å². The second-order valence-corrected chi connectivity index (χ2v) is 8.04. The summed E-state index contributed by atoms with van der Waals surface area (Å²) in [4.78, 5) is 16.4. The van der Waals surface area contributed by atoms with E-state index in [1.165, 1.54) is 11.8 Å². The molecule has 146 valence electrons. The zero-order chi connectivity index (χ0) is 20.1. The van der Waals surface area contributed by atoms with E-state index in [0.29, 0.717) is 22.6 Å². The third kappa shape index (κ3) is 4.89. The molecule has 0 fully saturated rings. The molecule has 0 saturated carbocycles. The quantitative estimate of drug-likeness (QED) is 0.623. The number of ether oxygens (including phenoxy) is 1. The smallest absolute Gasteiger partial charge is 0.277 e. The number of hydrogen-bond donors (Lipinski definition) is 1. The van der Waals surface area contributed by atoms with Crippen molar-refractivity contribution in [2.24, 2.45) is 0 Å². The fourth-order valence-electron chi connectivity index (χ4n) is 2.46. The monoisotopic (exact) mass is 398 g/mol. The lowest BCUT2D eigenvalue weighted by Gasteiger charge is -2.21. The van der Waals surface area contributed by atoms with E-state index in [1.807, 2.05) is 18.2 Å². The lowest BCUT2D eigenvalue weighted by Crippen LogP contribution is -2.17. The molecule has 2 heterocycles. The van der Waals surface area contributed by atoms with Gasteiger partial charge in [0.2, 0.25) is 11.8 Å². The van der Waals surface area contributed by atoms with Crippen molar-refractivity contribution in [3.63, 3.8) is 0 Å². The first-order valence-electron chi connectivity index (χ1n) is 8.72. The molecule has 0 saturated heterocycles. The highest BCUT2D eigenvalue weighted by atomic mass is 32.2. The van der Waals surface area contributed by atoms with Gasteiger partial charge in [0.15, 0.2) is 0 Å². The van der Waals surface area contributed by atoms with Gasteiger partial charge in [-0.1, -0.05) is 38.6 Å². The molecule has 0 unspecified atom stereocenters. The molecule has 0 bridgehead atoms. The van der Waals surface area contributed by atoms with E-state index in [4.69, 9.17) is 9.15 Å². The van der Waals surface area contributed by atoms with Crippen LogP contribution in [-0.2, 0) is 10.2 Å². The first kappa shape index (κ1) is 19.9. The van der Waals surface area contributed by atoms with Gasteiger partial charge in [0.1, 0.15) is 5.75 Å². The van der Waals surface area contributed by atoms with Gasteiger partial charge in [-0.2, -0.15) is 0 Å². The molecule has 1 aromatic carbocycles. The molecule has 8 heteroatoms. The number of carbonyl (C=O) groups is 1. The molecule has 3 aromatic rings. The number of thioether (sulfide) groups is 1. The number of carbonyl (C=O) groups excluding carboxylic acids is 1. The Morgan fingerprint density at radius 3 is 2.61 bits per heavy atom. The van der Waals surface area contributed by atoms with E-state index in [9.17, 15) is 4.79 Å². The maximum Gasteiger partial charge on any atom is 0.277 e. The highest BCUT2D eigenvalue weighted by molar-refractivity contribution is 7.99. The van der Waals surface area contributed by atoms with Crippen LogP contribution in [0.1, 0.15) is 26.3 Å². The standard InChI is InChI=1S/C20H22N4O3S/c1-20(2,3)14-5-6-16(26-4)15(11-14)22-17(25)12-28-19-24-23-18(27-19)13-7-9-21-10-8-13/h5-11H,12H2,1-4H3,(H,22,25). The van der Waals surface area contributed by atoms with Crippen LogP contribution in [0.25, 0.3) is 11.5 Å². The second-order valence-electron chi connectivity index (χ2n) is 7.11. The fourth-order valence-corrected chi connectivity index (χ4v) is 3.03. The Morgan fingerprint density at radius 2 is 1.93 bits per heavy atom. The Morgan fingerprint density at radius 1 is 1.18 bits per heavy atom. The Kier molecular flexibility index (Phi) is 5.99. The minimum Gasteiger partial charge on any atom is -0.495 e. The SMILES string of the molecule is COc1ccc(C(C)(C)C)cc1NC(=O)CSc1nnc(-c2ccncc2)o1. The normalized spacial score (nSPS) is 11.3. The molecule has 2 aromatic heterocycles. The summed E-state index contributed by atoms with van der Waals surface area (Å²) < 4.78 is 10.9. The van der Waals surface area contributed by atoms with Crippen LogP contribution in [0.5, 0.6) is 5.75 Å². The third-order valence-electron chi connectivity index (χ3n) is 4.00. The average Bonchev–Trinajstić information content (AvgIpc) is 3.15. The Hall–Kier alpha value is -2.87. The van der Waals surface area contributed by atoms with Crippen LogP contribution in [0, 0.1) is 0 Å². The van der Waals surface area contributed by atoms with Crippen LogP contribution < -0.4 is 10.1 Å². The minimum absolute atomic E-state index is 0.0341. The number of pyridine rings is 1. The summed E-state index contributed by atoms with van der Waals surface area (Å²) in [5.41, 5.74) is 2.49. The lowest BCUT2D eigenvalue weighted by atomic mass is 9.87. The van der Waals surface area contributed by atoms with Crippen molar-refractivity contribution < 1.29 is 13.9 Å². The van der Waals surface area contributed by atoms with Crippen LogP contribution in [-0.4, -0.2) is 34.0 Å². The maximum atomic E-state index is 12.4. The number of anilines is 1. The maximum absolute atomic E-state index is 12.4. The van der Waals surface area contributed by atoms with Crippen molar-refractivity contribution in [1.29, 1.82) is 0 Å². The van der Waals surface area contributed by atoms with Gasteiger partial charge in [-0.05, 0) is 35.2 Å². The number of methoxy groups -OCH3 is 1. The van der Waals surface area contributed by atoms with Crippen molar-refractivity contribution in [3.05, 3.63) is 48.3 Å². The number of amides is 1. The summed E-state index contributed by atoms with van der Waals surface area (Å²) in [5, 5.41) is 11.2. The van der Waals surface area contributed by atoms with Crippen LogP contribution in [0.15, 0.2) is 52.4 Å². The van der Waals surface area contributed by atoms with E-state index in [-0.39, 0.29) is 17.1 Å². The fraction of sp³-hybridized carbons (Fsp3) is 0.300. The Labute approximate surface area is 167 Å². The minimum atomic E-state index is -0.182. The van der Waals surface area contributed by atoms with Gasteiger partial charge >= 0.3 is 0 Å². The summed E-state index contributed by atoms with van der Waals surface area (Å²) in [6, 6.07) is 9.37. The van der Waals surface area contributed by atoms with Gasteiger partial charge < -0.3 is 14.5 Å². The summed E-state index contributed by atoms with van der Waals surface area (Å²) >= 11 is 1.18. The van der Waals surface area contributed by atoms with Gasteiger partial charge in [0.05, 0.1) is 18.6 Å². The molecule has 0 aliphatic heterocycles. The van der Waals surface area contributed by atoms with E-state index in [2.05, 4.69) is 41.3 Å². The molecular formula is C20H22N4O3S. The van der Waals surface area contributed by atoms with Crippen LogP contribution in [0.3, 0.4) is 0 Å². The van der Waals surface area contributed by atoms with Crippen molar-refractivity contribution in [3.8, 4) is 17.2 Å². The van der Waals surface area contributed by atoms with Gasteiger partial charge in [0, 0.05) is 18.0 Å². The summed E-state index contributed by atoms with van der Waals surface area (Å²) in [6.07, 6.45) is 3.30. The largest absolute Gasteiger partial charge is 0.495 e. The number of aromatic nitrogens is 3. The molecule has 0 atom stereocenters. The molecule has 0 radical (unpaired) electrons. The molecular weight excluding hydrogens is 376 g/mol. The van der Waals surface area contributed by atoms with Crippen molar-refractivity contribution in [2.75, 3.05) is 18.2 Å². The van der Waals surface area contributed by atoms with Gasteiger partial charge in [-0.3, -0.25) is 9.78 Å². The topological polar surface area (TPSA) is 90.1 Å². The Balaban J connectivity index is 1.64. The number of benzene rings is 1. The average molecular weight is 398 g/mol. The van der Waals surface area contributed by atoms with Gasteiger partial charge in [0.25, 0.3) is 5.22 Å². The van der Waals surface area contributed by atoms with Crippen LogP contribution in [0.4, 0.5) is 5.69 Å². The molecule has 28 heavy (non-hydrogen) atoms. The Bertz CT molecular complexity index is 952. The zero-order valence-electron chi connectivity index (χ0n) is 16.2. The summed E-state index contributed by atoms with van der Waals surface area (Å²) in [5.74, 6) is 0.966. The molecule has 0 aliphatic carbocycles. The lowest BCUT2D eigenvalue weighted by molar-refractivity contribution is -0.113. The first-order chi connectivity index (χ1) is 13.4. The third-order valence-corrected chi connectivity index (χ3v) is 4.82. The molecule has 1 N–H and O–H groups in total. The molecule has 0 aliphatic rings.